The molecular formula is C14H21N3O. The highest BCUT2D eigenvalue weighted by Crippen LogP contribution is 2.16. The normalized spacial score (nSPS) is 20.0. The number of anilines is 1. The number of nitrogens with one attached hydrogen (secondary N) is 1. The van der Waals surface area contributed by atoms with E-state index in [1.165, 1.54) is 12.8 Å². The molecule has 4 nitrogen and oxygen atoms in total. The van der Waals surface area contributed by atoms with Crippen LogP contribution in [0, 0.1) is 0 Å². The smallest absolute Gasteiger partial charge is 0.238 e. The lowest BCUT2D eigenvalue weighted by atomic mass is 10.2. The Morgan fingerprint density at radius 3 is 2.72 bits per heavy atom. The van der Waals surface area contributed by atoms with Crippen LogP contribution in [0.2, 0.25) is 0 Å². The quantitative estimate of drug-likeness (QED) is 0.849. The Balaban J connectivity index is 1.86. The Hall–Kier alpha value is -1.39. The summed E-state index contributed by atoms with van der Waals surface area (Å²) in [5.41, 5.74) is 7.44. The van der Waals surface area contributed by atoms with Crippen LogP contribution in [0.15, 0.2) is 24.3 Å². The van der Waals surface area contributed by atoms with Crippen LogP contribution in [-0.2, 0) is 11.3 Å². The van der Waals surface area contributed by atoms with Crippen LogP contribution in [0.4, 0.5) is 5.69 Å². The van der Waals surface area contributed by atoms with E-state index in [1.54, 1.807) is 0 Å². The zero-order valence-corrected chi connectivity index (χ0v) is 10.9. The van der Waals surface area contributed by atoms with Crippen molar-refractivity contribution in [1.29, 1.82) is 0 Å². The molecule has 0 aromatic heterocycles. The van der Waals surface area contributed by atoms with Crippen LogP contribution in [0.5, 0.6) is 0 Å². The third kappa shape index (κ3) is 3.31. The van der Waals surface area contributed by atoms with Gasteiger partial charge < -0.3 is 11.1 Å². The standard InChI is InChI=1S/C14H21N3O/c1-11-3-2-8-17(11)10-14(18)16-13-6-4-12(9-15)5-7-13/h4-7,11H,2-3,8-10,15H2,1H3,(H,16,18). The number of carbonyl (C=O) groups excluding carboxylic acids is 1. The molecule has 4 heteroatoms. The van der Waals surface area contributed by atoms with Gasteiger partial charge in [0.1, 0.15) is 0 Å². The molecule has 18 heavy (non-hydrogen) atoms. The highest BCUT2D eigenvalue weighted by atomic mass is 16.2. The van der Waals surface area contributed by atoms with Gasteiger partial charge in [-0.15, -0.1) is 0 Å². The molecule has 1 aromatic rings. The van der Waals surface area contributed by atoms with Crippen LogP contribution in [0.25, 0.3) is 0 Å². The third-order valence-electron chi connectivity index (χ3n) is 3.51. The maximum absolute atomic E-state index is 11.9. The van der Waals surface area contributed by atoms with Crippen LogP contribution < -0.4 is 11.1 Å². The zero-order chi connectivity index (χ0) is 13.0. The lowest BCUT2D eigenvalue weighted by molar-refractivity contribution is -0.117. The van der Waals surface area contributed by atoms with Crippen molar-refractivity contribution in [3.05, 3.63) is 29.8 Å². The van der Waals surface area contributed by atoms with E-state index in [2.05, 4.69) is 17.1 Å². The second-order valence-electron chi connectivity index (χ2n) is 4.91. The minimum absolute atomic E-state index is 0.0595. The summed E-state index contributed by atoms with van der Waals surface area (Å²) < 4.78 is 0. The van der Waals surface area contributed by atoms with E-state index in [1.807, 2.05) is 24.3 Å². The van der Waals surface area contributed by atoms with Crippen molar-refractivity contribution >= 4 is 11.6 Å². The number of benzene rings is 1. The molecule has 1 unspecified atom stereocenters. The van der Waals surface area contributed by atoms with E-state index in [-0.39, 0.29) is 5.91 Å². The molecule has 1 aliphatic rings. The fraction of sp³-hybridized carbons (Fsp3) is 0.500. The minimum atomic E-state index is 0.0595. The molecular weight excluding hydrogens is 226 g/mol. The van der Waals surface area contributed by atoms with Gasteiger partial charge in [-0.2, -0.15) is 0 Å². The molecule has 3 N–H and O–H groups in total. The third-order valence-corrected chi connectivity index (χ3v) is 3.51. The second-order valence-corrected chi connectivity index (χ2v) is 4.91. The van der Waals surface area contributed by atoms with Crippen LogP contribution in [0.1, 0.15) is 25.3 Å². The number of amides is 1. The molecule has 98 valence electrons. The van der Waals surface area contributed by atoms with E-state index in [9.17, 15) is 4.79 Å². The van der Waals surface area contributed by atoms with E-state index < -0.39 is 0 Å². The van der Waals surface area contributed by atoms with Crippen molar-refractivity contribution in [1.82, 2.24) is 4.90 Å². The van der Waals surface area contributed by atoms with Crippen molar-refractivity contribution in [2.45, 2.75) is 32.4 Å². The number of hydrogen-bond donors (Lipinski definition) is 2. The summed E-state index contributed by atoms with van der Waals surface area (Å²) in [6.45, 7) is 4.22. The SMILES string of the molecule is CC1CCCN1CC(=O)Nc1ccc(CN)cc1. The van der Waals surface area contributed by atoms with Gasteiger partial charge in [-0.3, -0.25) is 9.69 Å². The van der Waals surface area contributed by atoms with Gasteiger partial charge >= 0.3 is 0 Å². The van der Waals surface area contributed by atoms with E-state index in [0.29, 0.717) is 19.1 Å². The molecule has 1 aromatic carbocycles. The molecule has 1 atom stereocenters. The summed E-state index contributed by atoms with van der Waals surface area (Å²) in [4.78, 5) is 14.1. The minimum Gasteiger partial charge on any atom is -0.326 e. The molecule has 0 aliphatic carbocycles. The number of nitrogens with two attached hydrogens (primary N) is 1. The molecule has 0 saturated carbocycles. The zero-order valence-electron chi connectivity index (χ0n) is 10.9. The molecule has 1 fully saturated rings. The topological polar surface area (TPSA) is 58.4 Å². The number of rotatable bonds is 4. The Labute approximate surface area is 108 Å². The predicted octanol–water partition coefficient (Wildman–Crippen LogP) is 1.57. The number of likely N-dealkylation sites (tertiary alicyclic amines) is 1. The van der Waals surface area contributed by atoms with Crippen LogP contribution in [0.3, 0.4) is 0 Å². The van der Waals surface area contributed by atoms with Gasteiger partial charge in [0.15, 0.2) is 0 Å². The van der Waals surface area contributed by atoms with Gasteiger partial charge in [0.2, 0.25) is 5.91 Å². The molecule has 1 aliphatic heterocycles. The molecule has 1 saturated heterocycles. The van der Waals surface area contributed by atoms with E-state index >= 15 is 0 Å². The van der Waals surface area contributed by atoms with Crippen molar-refractivity contribution in [3.8, 4) is 0 Å². The summed E-state index contributed by atoms with van der Waals surface area (Å²) in [6, 6.07) is 8.19. The number of nitrogens with zero attached hydrogens (tertiary/aromatic N) is 1. The second kappa shape index (κ2) is 5.98. The highest BCUT2D eigenvalue weighted by Gasteiger charge is 2.22. The first-order valence-corrected chi connectivity index (χ1v) is 6.52. The van der Waals surface area contributed by atoms with E-state index in [4.69, 9.17) is 5.73 Å². The van der Waals surface area contributed by atoms with Crippen LogP contribution in [-0.4, -0.2) is 29.9 Å². The molecule has 1 amide bonds. The van der Waals surface area contributed by atoms with Crippen molar-refractivity contribution in [2.75, 3.05) is 18.4 Å². The Morgan fingerprint density at radius 2 is 2.17 bits per heavy atom. The molecule has 1 heterocycles. The molecule has 0 spiro atoms. The first kappa shape index (κ1) is 13.1. The van der Waals surface area contributed by atoms with Gasteiger partial charge in [-0.05, 0) is 44.0 Å². The molecule has 0 radical (unpaired) electrons. The maximum atomic E-state index is 11.9. The fourth-order valence-corrected chi connectivity index (χ4v) is 2.34. The maximum Gasteiger partial charge on any atom is 0.238 e. The van der Waals surface area contributed by atoms with E-state index in [0.717, 1.165) is 17.8 Å². The fourth-order valence-electron chi connectivity index (χ4n) is 2.34. The van der Waals surface area contributed by atoms with Gasteiger partial charge in [0.25, 0.3) is 0 Å². The van der Waals surface area contributed by atoms with Gasteiger partial charge in [0.05, 0.1) is 6.54 Å². The lowest BCUT2D eigenvalue weighted by Gasteiger charge is -2.20. The van der Waals surface area contributed by atoms with Crippen molar-refractivity contribution in [3.63, 3.8) is 0 Å². The van der Waals surface area contributed by atoms with Crippen molar-refractivity contribution < 1.29 is 4.79 Å². The Morgan fingerprint density at radius 1 is 1.44 bits per heavy atom. The monoisotopic (exact) mass is 247 g/mol. The largest absolute Gasteiger partial charge is 0.326 e. The summed E-state index contributed by atoms with van der Waals surface area (Å²) >= 11 is 0. The molecule has 2 rings (SSSR count). The summed E-state index contributed by atoms with van der Waals surface area (Å²) in [6.07, 6.45) is 2.39. The van der Waals surface area contributed by atoms with Gasteiger partial charge in [-0.25, -0.2) is 0 Å². The molecule has 0 bridgehead atoms. The number of carbonyl (C=O) groups is 1. The first-order chi connectivity index (χ1) is 8.69. The number of hydrogen-bond acceptors (Lipinski definition) is 3. The van der Waals surface area contributed by atoms with Gasteiger partial charge in [0, 0.05) is 18.3 Å². The summed E-state index contributed by atoms with van der Waals surface area (Å²) in [7, 11) is 0. The Bertz CT molecular complexity index is 402. The predicted molar refractivity (Wildman–Crippen MR) is 73.2 cm³/mol. The first-order valence-electron chi connectivity index (χ1n) is 6.52. The average molecular weight is 247 g/mol. The highest BCUT2D eigenvalue weighted by molar-refractivity contribution is 5.92. The average Bonchev–Trinajstić information content (AvgIpc) is 2.76. The Kier molecular flexibility index (Phi) is 4.33. The lowest BCUT2D eigenvalue weighted by Crippen LogP contribution is -2.35. The summed E-state index contributed by atoms with van der Waals surface area (Å²) in [5.74, 6) is 0.0595. The van der Waals surface area contributed by atoms with Crippen molar-refractivity contribution in [2.24, 2.45) is 5.73 Å². The van der Waals surface area contributed by atoms with Crippen LogP contribution >= 0.6 is 0 Å². The van der Waals surface area contributed by atoms with Gasteiger partial charge in [-0.1, -0.05) is 12.1 Å². The summed E-state index contributed by atoms with van der Waals surface area (Å²) in [5, 5.41) is 2.92.